The molecular formula is C16H15N5O2. The van der Waals surface area contributed by atoms with E-state index in [0.29, 0.717) is 17.4 Å². The fraction of sp³-hybridized carbons (Fsp3) is 0.125. The van der Waals surface area contributed by atoms with Crippen LogP contribution in [0.25, 0.3) is 5.95 Å². The van der Waals surface area contributed by atoms with Crippen molar-refractivity contribution in [2.75, 3.05) is 5.32 Å². The Labute approximate surface area is 133 Å². The summed E-state index contributed by atoms with van der Waals surface area (Å²) in [4.78, 5) is 20.4. The number of hydrogen-bond donors (Lipinski definition) is 1. The Bertz CT molecular complexity index is 757. The highest BCUT2D eigenvalue weighted by atomic mass is 16.5. The number of rotatable bonds is 5. The molecule has 2 aromatic heterocycles. The first-order valence-corrected chi connectivity index (χ1v) is 7.07. The van der Waals surface area contributed by atoms with Gasteiger partial charge in [-0.25, -0.2) is 14.6 Å². The molecule has 1 aromatic carbocycles. The molecular weight excluding hydrogens is 294 g/mol. The number of amides is 1. The van der Waals surface area contributed by atoms with Crippen LogP contribution in [0.1, 0.15) is 6.92 Å². The Balaban J connectivity index is 1.61. The van der Waals surface area contributed by atoms with E-state index in [2.05, 4.69) is 20.4 Å². The maximum Gasteiger partial charge on any atom is 0.265 e. The average molecular weight is 309 g/mol. The first-order valence-electron chi connectivity index (χ1n) is 7.07. The van der Waals surface area contributed by atoms with Crippen LogP contribution in [0.4, 0.5) is 5.69 Å². The number of anilines is 1. The molecule has 0 radical (unpaired) electrons. The molecule has 2 heterocycles. The second kappa shape index (κ2) is 6.69. The molecule has 0 unspecified atom stereocenters. The first-order chi connectivity index (χ1) is 11.2. The largest absolute Gasteiger partial charge is 0.481 e. The summed E-state index contributed by atoms with van der Waals surface area (Å²) in [6.45, 7) is 1.68. The van der Waals surface area contributed by atoms with Crippen LogP contribution < -0.4 is 10.1 Å². The summed E-state index contributed by atoms with van der Waals surface area (Å²) in [5.74, 6) is 0.798. The van der Waals surface area contributed by atoms with Crippen LogP contribution >= 0.6 is 0 Å². The Kier molecular flexibility index (Phi) is 4.28. The molecule has 0 bridgehead atoms. The SMILES string of the molecule is C[C@H](Oc1ccccc1)C(=O)Nc1cnc(-n2cccn2)nc1. The van der Waals surface area contributed by atoms with Gasteiger partial charge in [0, 0.05) is 12.4 Å². The molecule has 7 nitrogen and oxygen atoms in total. The second-order valence-corrected chi connectivity index (χ2v) is 4.78. The lowest BCUT2D eigenvalue weighted by Gasteiger charge is -2.14. The van der Waals surface area contributed by atoms with Crippen molar-refractivity contribution < 1.29 is 9.53 Å². The molecule has 0 fully saturated rings. The molecule has 1 amide bonds. The molecule has 1 atom stereocenters. The Morgan fingerprint density at radius 1 is 1.17 bits per heavy atom. The number of carbonyl (C=O) groups is 1. The molecule has 1 N–H and O–H groups in total. The van der Waals surface area contributed by atoms with Gasteiger partial charge in [0.25, 0.3) is 11.9 Å². The van der Waals surface area contributed by atoms with Crippen molar-refractivity contribution in [2.24, 2.45) is 0 Å². The standard InChI is InChI=1S/C16H15N5O2/c1-12(23-14-6-3-2-4-7-14)15(22)20-13-10-17-16(18-11-13)21-9-5-8-19-21/h2-12H,1H3,(H,20,22)/t12-/m0/s1. The maximum absolute atomic E-state index is 12.1. The van der Waals surface area contributed by atoms with E-state index in [1.807, 2.05) is 18.2 Å². The van der Waals surface area contributed by atoms with Gasteiger partial charge in [-0.3, -0.25) is 4.79 Å². The number of nitrogens with zero attached hydrogens (tertiary/aromatic N) is 4. The van der Waals surface area contributed by atoms with Gasteiger partial charge in [0.2, 0.25) is 0 Å². The quantitative estimate of drug-likeness (QED) is 0.780. The van der Waals surface area contributed by atoms with Crippen LogP contribution in [-0.2, 0) is 4.79 Å². The zero-order valence-electron chi connectivity index (χ0n) is 12.5. The van der Waals surface area contributed by atoms with Crippen LogP contribution in [0.3, 0.4) is 0 Å². The summed E-state index contributed by atoms with van der Waals surface area (Å²) in [5, 5.41) is 6.75. The molecule has 0 saturated heterocycles. The molecule has 0 saturated carbocycles. The van der Waals surface area contributed by atoms with Gasteiger partial charge in [-0.1, -0.05) is 18.2 Å². The van der Waals surface area contributed by atoms with Gasteiger partial charge in [-0.15, -0.1) is 0 Å². The third kappa shape index (κ3) is 3.70. The number of para-hydroxylation sites is 1. The molecule has 0 spiro atoms. The highest BCUT2D eigenvalue weighted by molar-refractivity contribution is 5.93. The van der Waals surface area contributed by atoms with E-state index in [0.717, 1.165) is 0 Å². The fourth-order valence-corrected chi connectivity index (χ4v) is 1.89. The third-order valence-corrected chi connectivity index (χ3v) is 3.04. The third-order valence-electron chi connectivity index (χ3n) is 3.04. The van der Waals surface area contributed by atoms with Gasteiger partial charge in [0.05, 0.1) is 18.1 Å². The Morgan fingerprint density at radius 3 is 2.57 bits per heavy atom. The van der Waals surface area contributed by atoms with E-state index < -0.39 is 6.10 Å². The zero-order chi connectivity index (χ0) is 16.1. The number of aromatic nitrogens is 4. The first kappa shape index (κ1) is 14.7. The van der Waals surface area contributed by atoms with Crippen molar-refractivity contribution in [3.8, 4) is 11.7 Å². The molecule has 0 aliphatic rings. The van der Waals surface area contributed by atoms with Gasteiger partial charge in [-0.05, 0) is 25.1 Å². The van der Waals surface area contributed by atoms with Gasteiger partial charge in [-0.2, -0.15) is 5.10 Å². The van der Waals surface area contributed by atoms with Crippen molar-refractivity contribution in [1.29, 1.82) is 0 Å². The maximum atomic E-state index is 12.1. The van der Waals surface area contributed by atoms with E-state index in [4.69, 9.17) is 4.74 Å². The highest BCUT2D eigenvalue weighted by Gasteiger charge is 2.15. The smallest absolute Gasteiger partial charge is 0.265 e. The highest BCUT2D eigenvalue weighted by Crippen LogP contribution is 2.12. The Hall–Kier alpha value is -3.22. The van der Waals surface area contributed by atoms with Crippen LogP contribution in [0, 0.1) is 0 Å². The second-order valence-electron chi connectivity index (χ2n) is 4.78. The summed E-state index contributed by atoms with van der Waals surface area (Å²) in [5.41, 5.74) is 0.495. The average Bonchev–Trinajstić information content (AvgIpc) is 3.11. The van der Waals surface area contributed by atoms with Crippen molar-refractivity contribution >= 4 is 11.6 Å². The van der Waals surface area contributed by atoms with Crippen LogP contribution in [0.2, 0.25) is 0 Å². The van der Waals surface area contributed by atoms with Crippen LogP contribution in [-0.4, -0.2) is 31.8 Å². The molecule has 0 aliphatic heterocycles. The summed E-state index contributed by atoms with van der Waals surface area (Å²) in [6, 6.07) is 11.0. The van der Waals surface area contributed by atoms with E-state index in [-0.39, 0.29) is 5.91 Å². The van der Waals surface area contributed by atoms with E-state index in [1.54, 1.807) is 37.5 Å². The Morgan fingerprint density at radius 2 is 1.91 bits per heavy atom. The van der Waals surface area contributed by atoms with Crippen molar-refractivity contribution in [2.45, 2.75) is 13.0 Å². The molecule has 3 rings (SSSR count). The summed E-state index contributed by atoms with van der Waals surface area (Å²) >= 11 is 0. The number of benzene rings is 1. The molecule has 116 valence electrons. The number of carbonyl (C=O) groups excluding carboxylic acids is 1. The van der Waals surface area contributed by atoms with Gasteiger partial charge < -0.3 is 10.1 Å². The number of hydrogen-bond acceptors (Lipinski definition) is 5. The minimum absolute atomic E-state index is 0.274. The monoisotopic (exact) mass is 309 g/mol. The lowest BCUT2D eigenvalue weighted by atomic mass is 10.3. The van der Waals surface area contributed by atoms with Gasteiger partial charge in [0.1, 0.15) is 5.75 Å². The summed E-state index contributed by atoms with van der Waals surface area (Å²) < 4.78 is 7.10. The minimum atomic E-state index is -0.636. The minimum Gasteiger partial charge on any atom is -0.481 e. The number of ether oxygens (including phenoxy) is 1. The lowest BCUT2D eigenvalue weighted by Crippen LogP contribution is -2.30. The van der Waals surface area contributed by atoms with Gasteiger partial charge >= 0.3 is 0 Å². The van der Waals surface area contributed by atoms with Crippen molar-refractivity contribution in [1.82, 2.24) is 19.7 Å². The lowest BCUT2D eigenvalue weighted by molar-refractivity contribution is -0.122. The van der Waals surface area contributed by atoms with Gasteiger partial charge in [0.15, 0.2) is 6.10 Å². The molecule has 23 heavy (non-hydrogen) atoms. The van der Waals surface area contributed by atoms with Crippen LogP contribution in [0.5, 0.6) is 5.75 Å². The zero-order valence-corrected chi connectivity index (χ0v) is 12.5. The van der Waals surface area contributed by atoms with Crippen LogP contribution in [0.15, 0.2) is 61.2 Å². The van der Waals surface area contributed by atoms with Crippen molar-refractivity contribution in [3.63, 3.8) is 0 Å². The van der Waals surface area contributed by atoms with E-state index >= 15 is 0 Å². The predicted molar refractivity (Wildman–Crippen MR) is 84.3 cm³/mol. The number of nitrogens with one attached hydrogen (secondary N) is 1. The fourth-order valence-electron chi connectivity index (χ4n) is 1.89. The normalized spacial score (nSPS) is 11.7. The van der Waals surface area contributed by atoms with E-state index in [9.17, 15) is 4.79 Å². The predicted octanol–water partition coefficient (Wildman–Crippen LogP) is 2.07. The topological polar surface area (TPSA) is 81.9 Å². The van der Waals surface area contributed by atoms with Crippen molar-refractivity contribution in [3.05, 3.63) is 61.2 Å². The molecule has 7 heteroatoms. The summed E-state index contributed by atoms with van der Waals surface area (Å²) in [7, 11) is 0. The molecule has 3 aromatic rings. The summed E-state index contributed by atoms with van der Waals surface area (Å²) in [6.07, 6.45) is 5.79. The molecule has 0 aliphatic carbocycles. The van der Waals surface area contributed by atoms with E-state index in [1.165, 1.54) is 17.1 Å².